The molecule has 4 heteroatoms. The Hall–Kier alpha value is -0.610. The molecule has 2 rings (SSSR count). The van der Waals surface area contributed by atoms with Crippen molar-refractivity contribution >= 4 is 11.6 Å². The molecule has 1 fully saturated rings. The van der Waals surface area contributed by atoms with Gasteiger partial charge in [0, 0.05) is 36.7 Å². The average Bonchev–Trinajstić information content (AvgIpc) is 2.48. The van der Waals surface area contributed by atoms with Gasteiger partial charge in [0.05, 0.1) is 0 Å². The summed E-state index contributed by atoms with van der Waals surface area (Å²) in [5.41, 5.74) is 1.34. The molecule has 1 aliphatic heterocycles. The minimum Gasteiger partial charge on any atom is -0.310 e. The first-order chi connectivity index (χ1) is 10.1. The number of hydrogen-bond donors (Lipinski definition) is 1. The summed E-state index contributed by atoms with van der Waals surface area (Å²) in [6, 6.07) is 9.31. The Morgan fingerprint density at radius 2 is 1.95 bits per heavy atom. The number of nitrogens with zero attached hydrogens (tertiary/aromatic N) is 2. The fraction of sp³-hybridized carbons (Fsp3) is 0.647. The van der Waals surface area contributed by atoms with E-state index in [0.29, 0.717) is 12.1 Å². The van der Waals surface area contributed by atoms with Crippen LogP contribution in [0.1, 0.15) is 31.4 Å². The monoisotopic (exact) mass is 309 g/mol. The summed E-state index contributed by atoms with van der Waals surface area (Å²) in [5.74, 6) is 0. The topological polar surface area (TPSA) is 18.5 Å². The van der Waals surface area contributed by atoms with Crippen LogP contribution in [-0.2, 0) is 0 Å². The van der Waals surface area contributed by atoms with E-state index >= 15 is 0 Å². The molecule has 21 heavy (non-hydrogen) atoms. The number of hydrogen-bond acceptors (Lipinski definition) is 3. The van der Waals surface area contributed by atoms with E-state index < -0.39 is 0 Å². The van der Waals surface area contributed by atoms with E-state index in [-0.39, 0.29) is 0 Å². The van der Waals surface area contributed by atoms with Gasteiger partial charge in [-0.1, -0.05) is 30.7 Å². The maximum Gasteiger partial charge on any atom is 0.0406 e. The molecule has 1 aromatic carbocycles. The highest BCUT2D eigenvalue weighted by molar-refractivity contribution is 6.30. The fourth-order valence-electron chi connectivity index (χ4n) is 2.98. The molecule has 0 aromatic heterocycles. The Labute approximate surface area is 134 Å². The van der Waals surface area contributed by atoms with Crippen LogP contribution in [0.4, 0.5) is 0 Å². The van der Waals surface area contributed by atoms with E-state index in [2.05, 4.69) is 48.3 Å². The molecule has 0 spiro atoms. The maximum absolute atomic E-state index is 6.02. The number of rotatable bonds is 6. The Morgan fingerprint density at radius 1 is 1.24 bits per heavy atom. The summed E-state index contributed by atoms with van der Waals surface area (Å²) in [5, 5.41) is 4.51. The van der Waals surface area contributed by atoms with Crippen molar-refractivity contribution in [2.45, 2.75) is 31.8 Å². The molecule has 1 aromatic rings. The van der Waals surface area contributed by atoms with E-state index in [4.69, 9.17) is 11.6 Å². The summed E-state index contributed by atoms with van der Waals surface area (Å²) < 4.78 is 0. The molecule has 1 heterocycles. The van der Waals surface area contributed by atoms with Crippen LogP contribution in [-0.4, -0.2) is 56.1 Å². The maximum atomic E-state index is 6.02. The average molecular weight is 310 g/mol. The van der Waals surface area contributed by atoms with E-state index in [1.165, 1.54) is 12.1 Å². The van der Waals surface area contributed by atoms with E-state index in [9.17, 15) is 0 Å². The normalized spacial score (nSPS) is 22.4. The van der Waals surface area contributed by atoms with Gasteiger partial charge in [-0.25, -0.2) is 0 Å². The Balaban J connectivity index is 2.06. The summed E-state index contributed by atoms with van der Waals surface area (Å²) in [6.45, 7) is 6.74. The van der Waals surface area contributed by atoms with Crippen molar-refractivity contribution < 1.29 is 0 Å². The number of likely N-dealkylation sites (N-methyl/N-ethyl adjacent to an activating group) is 2. The number of nitrogens with one attached hydrogen (secondary N) is 1. The fourth-order valence-corrected chi connectivity index (χ4v) is 3.10. The number of halogens is 1. The molecular weight excluding hydrogens is 282 g/mol. The van der Waals surface area contributed by atoms with Gasteiger partial charge in [0.25, 0.3) is 0 Å². The lowest BCUT2D eigenvalue weighted by Gasteiger charge is -2.39. The van der Waals surface area contributed by atoms with Crippen LogP contribution in [0.25, 0.3) is 0 Å². The number of piperazine rings is 1. The van der Waals surface area contributed by atoms with E-state index in [0.717, 1.165) is 37.5 Å². The zero-order chi connectivity index (χ0) is 15.2. The summed E-state index contributed by atoms with van der Waals surface area (Å²) in [4.78, 5) is 4.93. The van der Waals surface area contributed by atoms with Crippen LogP contribution in [0.5, 0.6) is 0 Å². The van der Waals surface area contributed by atoms with Crippen molar-refractivity contribution in [3.05, 3.63) is 34.9 Å². The van der Waals surface area contributed by atoms with Crippen molar-refractivity contribution in [1.82, 2.24) is 15.1 Å². The minimum atomic E-state index is 0.404. The molecule has 1 saturated heterocycles. The van der Waals surface area contributed by atoms with Gasteiger partial charge in [0.2, 0.25) is 0 Å². The quantitative estimate of drug-likeness (QED) is 0.871. The molecule has 1 N–H and O–H groups in total. The third-order valence-corrected chi connectivity index (χ3v) is 4.65. The van der Waals surface area contributed by atoms with Crippen molar-refractivity contribution in [3.63, 3.8) is 0 Å². The van der Waals surface area contributed by atoms with Gasteiger partial charge in [-0.05, 0) is 51.2 Å². The molecular formula is C17H28ClN3. The van der Waals surface area contributed by atoms with Gasteiger partial charge in [-0.2, -0.15) is 0 Å². The van der Waals surface area contributed by atoms with Crippen molar-refractivity contribution in [2.75, 3.05) is 40.3 Å². The molecule has 0 saturated carbocycles. The van der Waals surface area contributed by atoms with Gasteiger partial charge in [0.15, 0.2) is 0 Å². The molecule has 0 radical (unpaired) electrons. The first-order valence-electron chi connectivity index (χ1n) is 7.97. The van der Waals surface area contributed by atoms with Gasteiger partial charge in [-0.15, -0.1) is 0 Å². The molecule has 1 aliphatic rings. The lowest BCUT2D eigenvalue weighted by molar-refractivity contribution is 0.101. The SMILES string of the molecule is CCCNC(CC1CN(C)CCN1C)c1ccc(Cl)cc1. The molecule has 0 amide bonds. The zero-order valence-corrected chi connectivity index (χ0v) is 14.2. The lowest BCUT2D eigenvalue weighted by atomic mass is 9.97. The first kappa shape index (κ1) is 16.8. The zero-order valence-electron chi connectivity index (χ0n) is 13.5. The highest BCUT2D eigenvalue weighted by Gasteiger charge is 2.25. The van der Waals surface area contributed by atoms with Crippen LogP contribution in [0.2, 0.25) is 5.02 Å². The third-order valence-electron chi connectivity index (χ3n) is 4.40. The molecule has 3 nitrogen and oxygen atoms in total. The van der Waals surface area contributed by atoms with Crippen molar-refractivity contribution in [2.24, 2.45) is 0 Å². The largest absolute Gasteiger partial charge is 0.310 e. The molecule has 118 valence electrons. The summed E-state index contributed by atoms with van der Waals surface area (Å²) >= 11 is 6.02. The first-order valence-corrected chi connectivity index (χ1v) is 8.35. The van der Waals surface area contributed by atoms with Crippen molar-refractivity contribution in [3.8, 4) is 0 Å². The Kier molecular flexibility index (Phi) is 6.49. The second-order valence-corrected chi connectivity index (χ2v) is 6.63. The van der Waals surface area contributed by atoms with Gasteiger partial charge >= 0.3 is 0 Å². The number of benzene rings is 1. The van der Waals surface area contributed by atoms with Gasteiger partial charge in [-0.3, -0.25) is 0 Å². The Bertz CT molecular complexity index is 421. The minimum absolute atomic E-state index is 0.404. The van der Waals surface area contributed by atoms with E-state index in [1.54, 1.807) is 0 Å². The van der Waals surface area contributed by atoms with E-state index in [1.807, 2.05) is 12.1 Å². The van der Waals surface area contributed by atoms with Gasteiger partial charge < -0.3 is 15.1 Å². The standard InChI is InChI=1S/C17H28ClN3/c1-4-9-19-17(14-5-7-15(18)8-6-14)12-16-13-20(2)10-11-21(16)3/h5-8,16-17,19H,4,9-13H2,1-3H3. The summed E-state index contributed by atoms with van der Waals surface area (Å²) in [6.07, 6.45) is 2.30. The second kappa shape index (κ2) is 8.14. The highest BCUT2D eigenvalue weighted by Crippen LogP contribution is 2.24. The van der Waals surface area contributed by atoms with Crippen LogP contribution in [0.3, 0.4) is 0 Å². The van der Waals surface area contributed by atoms with Crippen LogP contribution in [0, 0.1) is 0 Å². The molecule has 2 unspecified atom stereocenters. The molecule has 0 bridgehead atoms. The molecule has 0 aliphatic carbocycles. The summed E-state index contributed by atoms with van der Waals surface area (Å²) in [7, 11) is 4.47. The predicted molar refractivity (Wildman–Crippen MR) is 91.0 cm³/mol. The van der Waals surface area contributed by atoms with Crippen molar-refractivity contribution in [1.29, 1.82) is 0 Å². The second-order valence-electron chi connectivity index (χ2n) is 6.19. The van der Waals surface area contributed by atoms with Crippen LogP contribution < -0.4 is 5.32 Å². The third kappa shape index (κ3) is 4.96. The Morgan fingerprint density at radius 3 is 2.62 bits per heavy atom. The predicted octanol–water partition coefficient (Wildman–Crippen LogP) is 3.02. The lowest BCUT2D eigenvalue weighted by Crippen LogP contribution is -2.51. The van der Waals surface area contributed by atoms with Crippen LogP contribution >= 0.6 is 11.6 Å². The smallest absolute Gasteiger partial charge is 0.0406 e. The molecule has 2 atom stereocenters. The van der Waals surface area contributed by atoms with Gasteiger partial charge in [0.1, 0.15) is 0 Å². The highest BCUT2D eigenvalue weighted by atomic mass is 35.5. The van der Waals surface area contributed by atoms with Crippen LogP contribution in [0.15, 0.2) is 24.3 Å².